The van der Waals surface area contributed by atoms with Gasteiger partial charge in [-0.25, -0.2) is 0 Å². The molecule has 1 heterocycles. The van der Waals surface area contributed by atoms with Crippen molar-refractivity contribution >= 4 is 27.8 Å². The first-order chi connectivity index (χ1) is 9.99. The number of aryl methyl sites for hydroxylation is 1. The van der Waals surface area contributed by atoms with Crippen molar-refractivity contribution in [1.29, 1.82) is 0 Å². The van der Waals surface area contributed by atoms with Crippen molar-refractivity contribution in [3.8, 4) is 0 Å². The molecule has 2 rings (SSSR count). The van der Waals surface area contributed by atoms with Gasteiger partial charge >= 0.3 is 5.97 Å². The minimum Gasteiger partial charge on any atom is -0.480 e. The van der Waals surface area contributed by atoms with Gasteiger partial charge < -0.3 is 14.7 Å². The Labute approximate surface area is 132 Å². The van der Waals surface area contributed by atoms with Gasteiger partial charge in [-0.15, -0.1) is 0 Å². The Bertz CT molecular complexity index is 540. The van der Waals surface area contributed by atoms with E-state index >= 15 is 0 Å². The summed E-state index contributed by atoms with van der Waals surface area (Å²) in [6.07, 6.45) is 1.35. The van der Waals surface area contributed by atoms with Crippen molar-refractivity contribution < 1.29 is 19.4 Å². The quantitative estimate of drug-likeness (QED) is 0.900. The molecule has 0 atom stereocenters. The van der Waals surface area contributed by atoms with Crippen LogP contribution in [0, 0.1) is 6.92 Å². The number of carbonyl (C=O) groups is 2. The fourth-order valence-corrected chi connectivity index (χ4v) is 3.01. The van der Waals surface area contributed by atoms with Gasteiger partial charge in [0.1, 0.15) is 6.54 Å². The summed E-state index contributed by atoms with van der Waals surface area (Å²) < 4.78 is 6.18. The van der Waals surface area contributed by atoms with Gasteiger partial charge in [-0.1, -0.05) is 15.9 Å². The normalized spacial score (nSPS) is 15.7. The predicted octanol–water partition coefficient (Wildman–Crippen LogP) is 2.46. The van der Waals surface area contributed by atoms with Crippen molar-refractivity contribution in [2.75, 3.05) is 19.8 Å². The molecule has 114 valence electrons. The smallest absolute Gasteiger partial charge is 0.323 e. The summed E-state index contributed by atoms with van der Waals surface area (Å²) in [6, 6.07) is 5.31. The maximum Gasteiger partial charge on any atom is 0.323 e. The van der Waals surface area contributed by atoms with Gasteiger partial charge in [-0.05, 0) is 43.5 Å². The van der Waals surface area contributed by atoms with Crippen LogP contribution in [-0.4, -0.2) is 47.7 Å². The number of benzene rings is 1. The van der Waals surface area contributed by atoms with E-state index in [1.54, 1.807) is 12.1 Å². The number of halogens is 1. The number of amides is 1. The number of carboxylic acids is 1. The van der Waals surface area contributed by atoms with Crippen LogP contribution in [0.15, 0.2) is 22.7 Å². The van der Waals surface area contributed by atoms with Crippen LogP contribution >= 0.6 is 15.9 Å². The number of ether oxygens (including phenoxy) is 1. The fourth-order valence-electron chi connectivity index (χ4n) is 2.53. The molecule has 1 aromatic rings. The largest absolute Gasteiger partial charge is 0.480 e. The van der Waals surface area contributed by atoms with E-state index in [1.807, 2.05) is 13.0 Å². The molecule has 0 unspecified atom stereocenters. The highest BCUT2D eigenvalue weighted by molar-refractivity contribution is 9.10. The Morgan fingerprint density at radius 1 is 1.38 bits per heavy atom. The van der Waals surface area contributed by atoms with Gasteiger partial charge in [0.05, 0.1) is 0 Å². The maximum atomic E-state index is 12.7. The number of hydrogen-bond acceptors (Lipinski definition) is 3. The third-order valence-electron chi connectivity index (χ3n) is 3.62. The average Bonchev–Trinajstić information content (AvgIpc) is 2.45. The lowest BCUT2D eigenvalue weighted by Crippen LogP contribution is -2.46. The number of aliphatic carboxylic acids is 1. The molecular weight excluding hydrogens is 338 g/mol. The lowest BCUT2D eigenvalue weighted by molar-refractivity contribution is -0.138. The Hall–Kier alpha value is -1.40. The van der Waals surface area contributed by atoms with Crippen LogP contribution in [0.3, 0.4) is 0 Å². The van der Waals surface area contributed by atoms with Crippen LogP contribution in [-0.2, 0) is 9.53 Å². The van der Waals surface area contributed by atoms with E-state index in [4.69, 9.17) is 9.84 Å². The highest BCUT2D eigenvalue weighted by Gasteiger charge is 2.29. The number of nitrogens with zero attached hydrogens (tertiary/aromatic N) is 1. The first-order valence-corrected chi connectivity index (χ1v) is 7.65. The van der Waals surface area contributed by atoms with Crippen LogP contribution in [0.5, 0.6) is 0 Å². The molecule has 1 N–H and O–H groups in total. The molecule has 1 aliphatic rings. The second-order valence-electron chi connectivity index (χ2n) is 5.13. The van der Waals surface area contributed by atoms with E-state index < -0.39 is 5.97 Å². The van der Waals surface area contributed by atoms with Crippen molar-refractivity contribution in [3.05, 3.63) is 33.8 Å². The molecule has 0 aliphatic carbocycles. The van der Waals surface area contributed by atoms with E-state index in [2.05, 4.69) is 15.9 Å². The number of rotatable bonds is 4. The first kappa shape index (κ1) is 16.0. The van der Waals surface area contributed by atoms with E-state index in [0.717, 1.165) is 10.0 Å². The summed E-state index contributed by atoms with van der Waals surface area (Å²) in [5.41, 5.74) is 1.38. The molecule has 1 fully saturated rings. The summed E-state index contributed by atoms with van der Waals surface area (Å²) in [5, 5.41) is 9.09. The highest BCUT2D eigenvalue weighted by Crippen LogP contribution is 2.21. The van der Waals surface area contributed by atoms with Crippen LogP contribution in [0.2, 0.25) is 0 Å². The molecule has 21 heavy (non-hydrogen) atoms. The first-order valence-electron chi connectivity index (χ1n) is 6.85. The van der Waals surface area contributed by atoms with Gasteiger partial charge in [-0.2, -0.15) is 0 Å². The summed E-state index contributed by atoms with van der Waals surface area (Å²) in [4.78, 5) is 25.3. The molecular formula is C15H18BrNO4. The zero-order chi connectivity index (χ0) is 15.4. The minimum absolute atomic E-state index is 0.0783. The Morgan fingerprint density at radius 2 is 2.05 bits per heavy atom. The zero-order valence-corrected chi connectivity index (χ0v) is 13.4. The van der Waals surface area contributed by atoms with Crippen molar-refractivity contribution in [1.82, 2.24) is 4.90 Å². The summed E-state index contributed by atoms with van der Waals surface area (Å²) in [5.74, 6) is -1.22. The molecule has 6 heteroatoms. The molecule has 0 aromatic heterocycles. The van der Waals surface area contributed by atoms with Crippen molar-refractivity contribution in [2.45, 2.75) is 25.8 Å². The standard InChI is InChI=1S/C15H18BrNO4/c1-10-8-11(16)2-3-13(10)15(20)17(9-14(18)19)12-4-6-21-7-5-12/h2-3,8,12H,4-7,9H2,1H3,(H,18,19). The SMILES string of the molecule is Cc1cc(Br)ccc1C(=O)N(CC(=O)O)C1CCOCC1. The van der Waals surface area contributed by atoms with Gasteiger partial charge in [-0.3, -0.25) is 9.59 Å². The van der Waals surface area contributed by atoms with E-state index in [0.29, 0.717) is 31.6 Å². The molecule has 1 amide bonds. The second-order valence-corrected chi connectivity index (χ2v) is 6.05. The van der Waals surface area contributed by atoms with Crippen molar-refractivity contribution in [2.24, 2.45) is 0 Å². The van der Waals surface area contributed by atoms with E-state index in [9.17, 15) is 9.59 Å². The number of hydrogen-bond donors (Lipinski definition) is 1. The Balaban J connectivity index is 2.26. The van der Waals surface area contributed by atoms with Crippen LogP contribution in [0.1, 0.15) is 28.8 Å². The molecule has 0 spiro atoms. The van der Waals surface area contributed by atoms with Crippen molar-refractivity contribution in [3.63, 3.8) is 0 Å². The summed E-state index contributed by atoms with van der Waals surface area (Å²) in [6.45, 7) is 2.70. The third kappa shape index (κ3) is 4.04. The van der Waals surface area contributed by atoms with Crippen LogP contribution in [0.25, 0.3) is 0 Å². The second kappa shape index (κ2) is 7.04. The van der Waals surface area contributed by atoms with E-state index in [1.165, 1.54) is 4.90 Å². The van der Waals surface area contributed by atoms with E-state index in [-0.39, 0.29) is 18.5 Å². The molecule has 0 radical (unpaired) electrons. The van der Waals surface area contributed by atoms with Gasteiger partial charge in [0.15, 0.2) is 0 Å². The molecule has 0 bridgehead atoms. The molecule has 1 aliphatic heterocycles. The molecule has 5 nitrogen and oxygen atoms in total. The Kier molecular flexibility index (Phi) is 5.36. The van der Waals surface area contributed by atoms with Gasteiger partial charge in [0.25, 0.3) is 5.91 Å². The molecule has 1 saturated heterocycles. The average molecular weight is 356 g/mol. The predicted molar refractivity (Wildman–Crippen MR) is 81.4 cm³/mol. The molecule has 0 saturated carbocycles. The Morgan fingerprint density at radius 3 is 2.62 bits per heavy atom. The zero-order valence-electron chi connectivity index (χ0n) is 11.8. The maximum absolute atomic E-state index is 12.7. The highest BCUT2D eigenvalue weighted by atomic mass is 79.9. The lowest BCUT2D eigenvalue weighted by atomic mass is 10.0. The fraction of sp³-hybridized carbons (Fsp3) is 0.467. The number of carboxylic acid groups (broad SMARTS) is 1. The minimum atomic E-state index is -0.996. The van der Waals surface area contributed by atoms with Crippen LogP contribution < -0.4 is 0 Å². The summed E-state index contributed by atoms with van der Waals surface area (Å²) in [7, 11) is 0. The molecule has 1 aromatic carbocycles. The lowest BCUT2D eigenvalue weighted by Gasteiger charge is -2.33. The number of carbonyl (C=O) groups excluding carboxylic acids is 1. The monoisotopic (exact) mass is 355 g/mol. The van der Waals surface area contributed by atoms with Gasteiger partial charge in [0, 0.05) is 29.3 Å². The topological polar surface area (TPSA) is 66.8 Å². The van der Waals surface area contributed by atoms with Crippen LogP contribution in [0.4, 0.5) is 0 Å². The van der Waals surface area contributed by atoms with Gasteiger partial charge in [0.2, 0.25) is 0 Å². The summed E-state index contributed by atoms with van der Waals surface area (Å²) >= 11 is 3.36. The third-order valence-corrected chi connectivity index (χ3v) is 4.11.